The lowest BCUT2D eigenvalue weighted by Gasteiger charge is -2.11. The summed E-state index contributed by atoms with van der Waals surface area (Å²) >= 11 is 15.4. The quantitative estimate of drug-likeness (QED) is 0.463. The summed E-state index contributed by atoms with van der Waals surface area (Å²) in [6.45, 7) is 2.69. The fraction of sp³-hybridized carbons (Fsp3) is 0.263. The van der Waals surface area contributed by atoms with Crippen LogP contribution in [0.15, 0.2) is 48.8 Å². The average Bonchev–Trinajstić information content (AvgIpc) is 2.60. The molecule has 0 unspecified atom stereocenters. The second kappa shape index (κ2) is 8.50. The van der Waals surface area contributed by atoms with Crippen molar-refractivity contribution in [1.29, 1.82) is 0 Å². The number of aryl methyl sites for hydroxylation is 2. The van der Waals surface area contributed by atoms with Crippen molar-refractivity contribution in [3.05, 3.63) is 71.4 Å². The van der Waals surface area contributed by atoms with Gasteiger partial charge in [-0.25, -0.2) is 9.59 Å². The molecule has 1 aromatic heterocycles. The molecule has 27 heavy (non-hydrogen) atoms. The van der Waals surface area contributed by atoms with E-state index in [0.717, 1.165) is 5.56 Å². The van der Waals surface area contributed by atoms with Gasteiger partial charge in [0, 0.05) is 22.1 Å². The second-order valence-corrected chi connectivity index (χ2v) is 7.78. The molecule has 2 aromatic carbocycles. The number of fused-ring (bicyclic) bond motifs is 1. The molecular weight excluding hydrogens is 457 g/mol. The van der Waals surface area contributed by atoms with Crippen LogP contribution in [0.1, 0.15) is 18.4 Å². The summed E-state index contributed by atoms with van der Waals surface area (Å²) in [4.78, 5) is 24.2. The summed E-state index contributed by atoms with van der Waals surface area (Å²) in [6, 6.07) is 8.61. The number of rotatable bonds is 6. The van der Waals surface area contributed by atoms with Gasteiger partial charge in [-0.1, -0.05) is 23.2 Å². The molecule has 8 heteroatoms. The van der Waals surface area contributed by atoms with E-state index in [-0.39, 0.29) is 0 Å². The normalized spacial score (nSPS) is 11.1. The Morgan fingerprint density at radius 1 is 1.15 bits per heavy atom. The van der Waals surface area contributed by atoms with E-state index in [4.69, 9.17) is 32.4 Å². The van der Waals surface area contributed by atoms with Crippen LogP contribution in [0.5, 0.6) is 5.75 Å². The van der Waals surface area contributed by atoms with Crippen molar-refractivity contribution in [2.24, 2.45) is 0 Å². The third-order valence-corrected chi connectivity index (χ3v) is 5.18. The van der Waals surface area contributed by atoms with Crippen molar-refractivity contribution in [2.75, 3.05) is 6.61 Å². The first-order valence-electron chi connectivity index (χ1n) is 8.28. The van der Waals surface area contributed by atoms with E-state index in [0.29, 0.717) is 57.2 Å². The number of nitrogens with zero attached hydrogens (tertiary/aromatic N) is 1. The zero-order valence-corrected chi connectivity index (χ0v) is 17.5. The summed E-state index contributed by atoms with van der Waals surface area (Å²) in [5.74, 6) is -0.147. The minimum absolute atomic E-state index is 0.378. The van der Waals surface area contributed by atoms with Gasteiger partial charge >= 0.3 is 11.4 Å². The van der Waals surface area contributed by atoms with Crippen molar-refractivity contribution < 1.29 is 9.15 Å². The van der Waals surface area contributed by atoms with Crippen molar-refractivity contribution in [2.45, 2.75) is 26.3 Å². The number of unbranched alkanes of at least 4 members (excludes halogenated alkanes) is 1. The minimum Gasteiger partial charge on any atom is -0.492 e. The molecule has 3 aromatic rings. The second-order valence-electron chi connectivity index (χ2n) is 6.08. The summed E-state index contributed by atoms with van der Waals surface area (Å²) in [6.07, 6.45) is 1.33. The van der Waals surface area contributed by atoms with Gasteiger partial charge in [0.2, 0.25) is 0 Å². The van der Waals surface area contributed by atoms with Gasteiger partial charge in [-0.3, -0.25) is 4.57 Å². The zero-order chi connectivity index (χ0) is 19.6. The Hall–Kier alpha value is -1.76. The lowest BCUT2D eigenvalue weighted by molar-refractivity contribution is 0.301. The zero-order valence-electron chi connectivity index (χ0n) is 14.4. The molecule has 0 atom stereocenters. The van der Waals surface area contributed by atoms with E-state index in [2.05, 4.69) is 15.9 Å². The highest BCUT2D eigenvalue weighted by Gasteiger charge is 2.13. The first-order valence-corrected chi connectivity index (χ1v) is 9.83. The summed E-state index contributed by atoms with van der Waals surface area (Å²) in [5.41, 5.74) is 0.814. The standard InChI is InChI=1S/C19H16BrCl2NO4/c1-11-8-13-17(14(20)9-11)23(19(25)27-18(13)24)6-2-3-7-26-16-10-12(21)4-5-15(16)22/h4-5,8-10H,2-3,6-7H2,1H3. The molecule has 0 bridgehead atoms. The van der Waals surface area contributed by atoms with E-state index in [1.54, 1.807) is 24.3 Å². The first kappa shape index (κ1) is 20.0. The molecule has 1 heterocycles. The van der Waals surface area contributed by atoms with Gasteiger partial charge in [-0.2, -0.15) is 0 Å². The molecule has 0 aliphatic heterocycles. The van der Waals surface area contributed by atoms with Crippen molar-refractivity contribution in [3.63, 3.8) is 0 Å². The topological polar surface area (TPSA) is 61.4 Å². The molecule has 0 spiro atoms. The minimum atomic E-state index is -0.671. The first-order chi connectivity index (χ1) is 12.9. The van der Waals surface area contributed by atoms with E-state index in [1.807, 2.05) is 13.0 Å². The largest absolute Gasteiger partial charge is 0.492 e. The van der Waals surface area contributed by atoms with E-state index >= 15 is 0 Å². The van der Waals surface area contributed by atoms with E-state index in [9.17, 15) is 9.59 Å². The monoisotopic (exact) mass is 471 g/mol. The smallest absolute Gasteiger partial charge is 0.422 e. The van der Waals surface area contributed by atoms with Gasteiger partial charge in [0.15, 0.2) is 0 Å². The van der Waals surface area contributed by atoms with Crippen LogP contribution in [0.3, 0.4) is 0 Å². The van der Waals surface area contributed by atoms with Crippen molar-refractivity contribution in [3.8, 4) is 5.75 Å². The van der Waals surface area contributed by atoms with Crippen LogP contribution in [-0.4, -0.2) is 11.2 Å². The maximum Gasteiger partial charge on any atom is 0.422 e. The number of benzene rings is 2. The molecule has 142 valence electrons. The van der Waals surface area contributed by atoms with Crippen LogP contribution >= 0.6 is 39.1 Å². The molecule has 3 rings (SSSR count). The fourth-order valence-electron chi connectivity index (χ4n) is 2.79. The molecule has 0 saturated heterocycles. The molecule has 0 radical (unpaired) electrons. The van der Waals surface area contributed by atoms with Crippen LogP contribution in [0.4, 0.5) is 0 Å². The predicted molar refractivity (Wildman–Crippen MR) is 110 cm³/mol. The molecule has 5 nitrogen and oxygen atoms in total. The van der Waals surface area contributed by atoms with Gasteiger partial charge in [-0.15, -0.1) is 0 Å². The van der Waals surface area contributed by atoms with Crippen LogP contribution < -0.4 is 16.1 Å². The third kappa shape index (κ3) is 4.57. The van der Waals surface area contributed by atoms with Crippen LogP contribution in [0.25, 0.3) is 10.9 Å². The Morgan fingerprint density at radius 2 is 1.93 bits per heavy atom. The molecule has 0 aliphatic rings. The maximum absolute atomic E-state index is 12.2. The Balaban J connectivity index is 1.71. The van der Waals surface area contributed by atoms with Gasteiger partial charge < -0.3 is 9.15 Å². The Labute approximate surface area is 173 Å². The molecule has 0 fully saturated rings. The van der Waals surface area contributed by atoms with Crippen molar-refractivity contribution in [1.82, 2.24) is 4.57 Å². The van der Waals surface area contributed by atoms with Crippen LogP contribution in [0, 0.1) is 6.92 Å². The van der Waals surface area contributed by atoms with Crippen molar-refractivity contribution >= 4 is 50.0 Å². The molecule has 0 N–H and O–H groups in total. The highest BCUT2D eigenvalue weighted by Crippen LogP contribution is 2.28. The van der Waals surface area contributed by atoms with Gasteiger partial charge in [0.1, 0.15) is 5.75 Å². The van der Waals surface area contributed by atoms with E-state index < -0.39 is 11.4 Å². The Bertz CT molecular complexity index is 1110. The number of hydrogen-bond acceptors (Lipinski definition) is 4. The lowest BCUT2D eigenvalue weighted by atomic mass is 10.1. The van der Waals surface area contributed by atoms with Gasteiger partial charge in [0.05, 0.1) is 22.5 Å². The summed E-state index contributed by atoms with van der Waals surface area (Å²) in [5, 5.41) is 1.42. The van der Waals surface area contributed by atoms with E-state index in [1.165, 1.54) is 4.57 Å². The lowest BCUT2D eigenvalue weighted by Crippen LogP contribution is -2.25. The highest BCUT2D eigenvalue weighted by atomic mass is 79.9. The van der Waals surface area contributed by atoms with Gasteiger partial charge in [0.25, 0.3) is 0 Å². The Kier molecular flexibility index (Phi) is 6.29. The molecular formula is C19H16BrCl2NO4. The number of hydrogen-bond donors (Lipinski definition) is 0. The predicted octanol–water partition coefficient (Wildman–Crippen LogP) is 5.19. The molecule has 0 amide bonds. The summed E-state index contributed by atoms with van der Waals surface area (Å²) in [7, 11) is 0. The van der Waals surface area contributed by atoms with Crippen LogP contribution in [-0.2, 0) is 6.54 Å². The number of halogens is 3. The molecule has 0 saturated carbocycles. The third-order valence-electron chi connectivity index (χ3n) is 4.02. The average molecular weight is 473 g/mol. The van der Waals surface area contributed by atoms with Crippen LogP contribution in [0.2, 0.25) is 10.0 Å². The maximum atomic E-state index is 12.2. The highest BCUT2D eigenvalue weighted by molar-refractivity contribution is 9.10. The fourth-order valence-corrected chi connectivity index (χ4v) is 3.91. The molecule has 0 aliphatic carbocycles. The Morgan fingerprint density at radius 3 is 2.70 bits per heavy atom. The van der Waals surface area contributed by atoms with Gasteiger partial charge in [-0.05, 0) is 65.5 Å². The SMILES string of the molecule is Cc1cc(Br)c2c(c1)c(=O)oc(=O)n2CCCCOc1cc(Cl)ccc1Cl. The number of aromatic nitrogens is 1. The summed E-state index contributed by atoms with van der Waals surface area (Å²) < 4.78 is 12.6. The number of ether oxygens (including phenoxy) is 1.